The average Bonchev–Trinajstić information content (AvgIpc) is 2.64. The minimum Gasteiger partial charge on any atom is -0.497 e. The fraction of sp³-hybridized carbons (Fsp3) is 0.471. The maximum atomic E-state index is 12.0. The first-order chi connectivity index (χ1) is 11.8. The molecule has 1 aromatic carbocycles. The zero-order valence-corrected chi connectivity index (χ0v) is 14.2. The summed E-state index contributed by atoms with van der Waals surface area (Å²) in [5.74, 6) is 0.278. The van der Waals surface area contributed by atoms with Crippen LogP contribution in [0.3, 0.4) is 0 Å². The van der Waals surface area contributed by atoms with Gasteiger partial charge in [0.2, 0.25) is 5.91 Å². The Morgan fingerprint density at radius 3 is 2.20 bits per heavy atom. The number of benzene rings is 1. The van der Waals surface area contributed by atoms with Crippen LogP contribution in [0.25, 0.3) is 6.08 Å². The Morgan fingerprint density at radius 2 is 1.68 bits per heavy atom. The van der Waals surface area contributed by atoms with Crippen LogP contribution in [0.5, 0.6) is 5.75 Å². The van der Waals surface area contributed by atoms with E-state index in [1.54, 1.807) is 37.5 Å². The van der Waals surface area contributed by atoms with E-state index in [9.17, 15) is 25.2 Å². The van der Waals surface area contributed by atoms with E-state index >= 15 is 0 Å². The summed E-state index contributed by atoms with van der Waals surface area (Å²) in [6.07, 6.45) is -3.60. The number of aliphatic hydroxyl groups is 5. The van der Waals surface area contributed by atoms with Crippen LogP contribution < -0.4 is 4.74 Å². The number of aliphatic hydroxyl groups excluding tert-OH is 5. The number of carbonyl (C=O) groups excluding carboxylic acids is 1. The van der Waals surface area contributed by atoms with Crippen molar-refractivity contribution in [2.45, 2.75) is 24.4 Å². The Hall–Kier alpha value is -1.97. The number of hydrogen-bond acceptors (Lipinski definition) is 7. The molecule has 0 radical (unpaired) electrons. The summed E-state index contributed by atoms with van der Waals surface area (Å²) in [6, 6.07) is 7.05. The summed E-state index contributed by atoms with van der Waals surface area (Å²) in [5.41, 5.74) is 0.782. The highest BCUT2D eigenvalue weighted by Crippen LogP contribution is 2.12. The van der Waals surface area contributed by atoms with Crippen LogP contribution in [0.15, 0.2) is 30.3 Å². The van der Waals surface area contributed by atoms with Crippen LogP contribution in [0.2, 0.25) is 0 Å². The second-order valence-corrected chi connectivity index (χ2v) is 5.62. The number of hydrogen-bond donors (Lipinski definition) is 5. The van der Waals surface area contributed by atoms with Gasteiger partial charge in [-0.15, -0.1) is 0 Å². The third kappa shape index (κ3) is 6.45. The van der Waals surface area contributed by atoms with Crippen molar-refractivity contribution in [1.82, 2.24) is 4.90 Å². The van der Waals surface area contributed by atoms with Crippen molar-refractivity contribution in [2.75, 3.05) is 27.3 Å². The molecule has 8 nitrogen and oxygen atoms in total. The van der Waals surface area contributed by atoms with Crippen molar-refractivity contribution in [3.8, 4) is 5.75 Å². The van der Waals surface area contributed by atoms with Crippen LogP contribution in [0.4, 0.5) is 0 Å². The number of carbonyl (C=O) groups is 1. The highest BCUT2D eigenvalue weighted by atomic mass is 16.5. The maximum absolute atomic E-state index is 12.0. The highest BCUT2D eigenvalue weighted by molar-refractivity contribution is 5.91. The molecule has 0 aliphatic heterocycles. The van der Waals surface area contributed by atoms with E-state index in [0.29, 0.717) is 5.75 Å². The molecule has 1 amide bonds. The smallest absolute Gasteiger partial charge is 0.246 e. The van der Waals surface area contributed by atoms with Crippen LogP contribution in [0, 0.1) is 0 Å². The van der Waals surface area contributed by atoms with E-state index in [0.717, 1.165) is 10.5 Å². The van der Waals surface area contributed by atoms with Gasteiger partial charge in [0.1, 0.15) is 30.2 Å². The summed E-state index contributed by atoms with van der Waals surface area (Å²) in [5, 5.41) is 47.1. The van der Waals surface area contributed by atoms with Crippen molar-refractivity contribution in [3.63, 3.8) is 0 Å². The molecular formula is C17H25NO7. The molecular weight excluding hydrogens is 330 g/mol. The summed E-state index contributed by atoms with van der Waals surface area (Å²) in [4.78, 5) is 13.2. The first-order valence-corrected chi connectivity index (χ1v) is 7.70. The minimum atomic E-state index is -1.72. The fourth-order valence-corrected chi connectivity index (χ4v) is 2.05. The summed E-state index contributed by atoms with van der Waals surface area (Å²) >= 11 is 0. The van der Waals surface area contributed by atoms with E-state index in [4.69, 9.17) is 9.84 Å². The number of nitrogens with zero attached hydrogens (tertiary/aromatic N) is 1. The minimum absolute atomic E-state index is 0.262. The van der Waals surface area contributed by atoms with Gasteiger partial charge < -0.3 is 35.2 Å². The average molecular weight is 355 g/mol. The van der Waals surface area contributed by atoms with Gasteiger partial charge >= 0.3 is 0 Å². The SMILES string of the molecule is COc1ccc(C=CC(=O)N(C)CC(O)C(O)C(O)C(O)CO)cc1. The van der Waals surface area contributed by atoms with Gasteiger partial charge in [-0.1, -0.05) is 12.1 Å². The van der Waals surface area contributed by atoms with E-state index < -0.39 is 36.9 Å². The monoisotopic (exact) mass is 355 g/mol. The quantitative estimate of drug-likeness (QED) is 0.344. The normalized spacial score (nSPS) is 16.3. The number of amides is 1. The molecule has 1 rings (SSSR count). The standard InChI is InChI=1S/C17H25NO7/c1-18(9-13(20)16(23)17(24)14(21)10-19)15(22)8-5-11-3-6-12(25-2)7-4-11/h3-8,13-14,16-17,19-21,23-24H,9-10H2,1-2H3. The number of methoxy groups -OCH3 is 1. The van der Waals surface area contributed by atoms with E-state index in [-0.39, 0.29) is 6.54 Å². The van der Waals surface area contributed by atoms with Gasteiger partial charge in [0.05, 0.1) is 13.7 Å². The molecule has 8 heteroatoms. The van der Waals surface area contributed by atoms with Crippen LogP contribution in [-0.4, -0.2) is 88.1 Å². The van der Waals surface area contributed by atoms with Crippen molar-refractivity contribution in [1.29, 1.82) is 0 Å². The molecule has 0 spiro atoms. The predicted molar refractivity (Wildman–Crippen MR) is 90.8 cm³/mol. The third-order valence-electron chi connectivity index (χ3n) is 3.70. The summed E-state index contributed by atoms with van der Waals surface area (Å²) < 4.78 is 5.04. The van der Waals surface area contributed by atoms with Crippen molar-refractivity contribution in [3.05, 3.63) is 35.9 Å². The van der Waals surface area contributed by atoms with Crippen LogP contribution in [-0.2, 0) is 4.79 Å². The molecule has 140 valence electrons. The van der Waals surface area contributed by atoms with Gasteiger partial charge in [-0.3, -0.25) is 4.79 Å². The van der Waals surface area contributed by atoms with E-state index in [1.807, 2.05) is 0 Å². The lowest BCUT2D eigenvalue weighted by atomic mass is 10.0. The zero-order valence-electron chi connectivity index (χ0n) is 14.2. The molecule has 0 saturated carbocycles. The highest BCUT2D eigenvalue weighted by Gasteiger charge is 2.31. The molecule has 0 aliphatic rings. The lowest BCUT2D eigenvalue weighted by Gasteiger charge is -2.28. The van der Waals surface area contributed by atoms with Gasteiger partial charge in [-0.05, 0) is 23.8 Å². The van der Waals surface area contributed by atoms with Gasteiger partial charge in [-0.25, -0.2) is 0 Å². The summed E-state index contributed by atoms with van der Waals surface area (Å²) in [6.45, 7) is -1.02. The third-order valence-corrected chi connectivity index (χ3v) is 3.70. The first-order valence-electron chi connectivity index (χ1n) is 7.70. The van der Waals surface area contributed by atoms with Crippen molar-refractivity contribution in [2.24, 2.45) is 0 Å². The first kappa shape index (κ1) is 21.1. The molecule has 0 heterocycles. The van der Waals surface area contributed by atoms with Gasteiger partial charge in [-0.2, -0.15) is 0 Å². The molecule has 5 N–H and O–H groups in total. The molecule has 0 bridgehead atoms. The summed E-state index contributed by atoms with van der Waals surface area (Å²) in [7, 11) is 2.98. The number of ether oxygens (including phenoxy) is 1. The van der Waals surface area contributed by atoms with Gasteiger partial charge in [0.25, 0.3) is 0 Å². The van der Waals surface area contributed by atoms with Gasteiger partial charge in [0, 0.05) is 19.7 Å². The van der Waals surface area contributed by atoms with E-state index in [2.05, 4.69) is 0 Å². The molecule has 1 aromatic rings. The second kappa shape index (κ2) is 10.1. The Balaban J connectivity index is 2.58. The number of likely N-dealkylation sites (N-methyl/N-ethyl adjacent to an activating group) is 1. The molecule has 0 saturated heterocycles. The maximum Gasteiger partial charge on any atom is 0.246 e. The lowest BCUT2D eigenvalue weighted by Crippen LogP contribution is -2.49. The van der Waals surface area contributed by atoms with Crippen LogP contribution >= 0.6 is 0 Å². The molecule has 25 heavy (non-hydrogen) atoms. The fourth-order valence-electron chi connectivity index (χ4n) is 2.05. The Labute approximate surface area is 146 Å². The second-order valence-electron chi connectivity index (χ2n) is 5.62. The van der Waals surface area contributed by atoms with Gasteiger partial charge in [0.15, 0.2) is 0 Å². The predicted octanol–water partition coefficient (Wildman–Crippen LogP) is -1.40. The molecule has 4 atom stereocenters. The Kier molecular flexibility index (Phi) is 8.53. The Morgan fingerprint density at radius 1 is 1.12 bits per heavy atom. The molecule has 0 fully saturated rings. The van der Waals surface area contributed by atoms with E-state index in [1.165, 1.54) is 13.1 Å². The molecule has 0 aromatic heterocycles. The molecule has 4 unspecified atom stereocenters. The Bertz CT molecular complexity index is 561. The molecule has 0 aliphatic carbocycles. The zero-order chi connectivity index (χ0) is 19.0. The van der Waals surface area contributed by atoms with Crippen molar-refractivity contribution < 1.29 is 35.1 Å². The topological polar surface area (TPSA) is 131 Å². The van der Waals surface area contributed by atoms with Crippen molar-refractivity contribution >= 4 is 12.0 Å². The number of rotatable bonds is 9. The lowest BCUT2D eigenvalue weighted by molar-refractivity contribution is -0.133. The largest absolute Gasteiger partial charge is 0.497 e. The van der Waals surface area contributed by atoms with Crippen LogP contribution in [0.1, 0.15) is 5.56 Å².